The largest absolute Gasteiger partial charge is 0.0815 e. The minimum absolute atomic E-state index is 0.851. The summed E-state index contributed by atoms with van der Waals surface area (Å²) in [5, 5.41) is 0. The quantitative estimate of drug-likeness (QED) is 0.542. The Labute approximate surface area is 94.5 Å². The maximum absolute atomic E-state index is 2.44. The Balaban J connectivity index is 2.29. The van der Waals surface area contributed by atoms with Crippen molar-refractivity contribution in [2.45, 2.75) is 53.4 Å². The fraction of sp³-hybridized carbons (Fsp3) is 0.733. The van der Waals surface area contributed by atoms with E-state index in [2.05, 4.69) is 33.8 Å². The number of rotatable bonds is 1. The van der Waals surface area contributed by atoms with Crippen molar-refractivity contribution in [1.82, 2.24) is 0 Å². The van der Waals surface area contributed by atoms with Gasteiger partial charge in [-0.05, 0) is 57.3 Å². The molecule has 0 radical (unpaired) electrons. The summed E-state index contributed by atoms with van der Waals surface area (Å²) in [5.74, 6) is 2.67. The van der Waals surface area contributed by atoms with Crippen LogP contribution in [-0.4, -0.2) is 0 Å². The summed E-state index contributed by atoms with van der Waals surface area (Å²) in [4.78, 5) is 0. The zero-order valence-corrected chi connectivity index (χ0v) is 10.6. The maximum Gasteiger partial charge on any atom is -0.0130 e. The van der Waals surface area contributed by atoms with Crippen LogP contribution >= 0.6 is 0 Å². The summed E-state index contributed by atoms with van der Waals surface area (Å²) in [7, 11) is 0. The van der Waals surface area contributed by atoms with Crippen molar-refractivity contribution in [3.8, 4) is 0 Å². The third-order valence-corrected chi connectivity index (χ3v) is 4.43. The fourth-order valence-corrected chi connectivity index (χ4v) is 3.43. The van der Waals surface area contributed by atoms with E-state index in [1.165, 1.54) is 25.7 Å². The summed E-state index contributed by atoms with van der Waals surface area (Å²) in [6.45, 7) is 9.46. The molecule has 0 unspecified atom stereocenters. The zero-order chi connectivity index (χ0) is 11.0. The standard InChI is InChI=1S/C15H24/c1-10(2)13-8-6-12(4)14-7-5-11(3)9-15(13)14/h5,10,13,15H,6-9H2,1-4H3/t13-,15-/m1/s1. The minimum Gasteiger partial charge on any atom is -0.0815 e. The van der Waals surface area contributed by atoms with E-state index >= 15 is 0 Å². The van der Waals surface area contributed by atoms with Gasteiger partial charge in [0.25, 0.3) is 0 Å². The summed E-state index contributed by atoms with van der Waals surface area (Å²) in [6.07, 6.45) is 7.78. The first-order valence-electron chi connectivity index (χ1n) is 6.43. The molecule has 0 fully saturated rings. The van der Waals surface area contributed by atoms with Crippen LogP contribution in [0, 0.1) is 17.8 Å². The summed E-state index contributed by atoms with van der Waals surface area (Å²) < 4.78 is 0. The first-order valence-corrected chi connectivity index (χ1v) is 6.43. The second-order valence-electron chi connectivity index (χ2n) is 5.82. The maximum atomic E-state index is 2.44. The van der Waals surface area contributed by atoms with Gasteiger partial charge >= 0.3 is 0 Å². The molecule has 0 spiro atoms. The molecule has 0 saturated heterocycles. The number of hydrogen-bond acceptors (Lipinski definition) is 0. The first-order chi connectivity index (χ1) is 7.09. The van der Waals surface area contributed by atoms with Crippen molar-refractivity contribution in [3.05, 3.63) is 22.8 Å². The Kier molecular flexibility index (Phi) is 3.04. The Hall–Kier alpha value is -0.520. The zero-order valence-electron chi connectivity index (χ0n) is 10.6. The van der Waals surface area contributed by atoms with Crippen molar-refractivity contribution < 1.29 is 0 Å². The second kappa shape index (κ2) is 4.15. The highest BCUT2D eigenvalue weighted by Crippen LogP contribution is 2.45. The van der Waals surface area contributed by atoms with E-state index in [1.807, 2.05) is 0 Å². The monoisotopic (exact) mass is 204 g/mol. The third kappa shape index (κ3) is 2.04. The SMILES string of the molecule is CC1=CCC2=C(C)CC[C@H](C(C)C)[C@H]2C1. The van der Waals surface area contributed by atoms with E-state index in [1.54, 1.807) is 16.7 Å². The highest BCUT2D eigenvalue weighted by molar-refractivity contribution is 5.28. The van der Waals surface area contributed by atoms with Gasteiger partial charge in [-0.25, -0.2) is 0 Å². The highest BCUT2D eigenvalue weighted by Gasteiger charge is 2.33. The molecule has 84 valence electrons. The molecule has 15 heavy (non-hydrogen) atoms. The lowest BCUT2D eigenvalue weighted by molar-refractivity contribution is 0.242. The molecule has 0 aliphatic heterocycles. The summed E-state index contributed by atoms with van der Waals surface area (Å²) >= 11 is 0. The molecule has 0 heteroatoms. The van der Waals surface area contributed by atoms with Gasteiger partial charge in [0.05, 0.1) is 0 Å². The average Bonchev–Trinajstić information content (AvgIpc) is 2.17. The van der Waals surface area contributed by atoms with Gasteiger partial charge in [-0.1, -0.05) is 36.6 Å². The molecule has 0 N–H and O–H groups in total. The van der Waals surface area contributed by atoms with Crippen LogP contribution in [0.1, 0.15) is 53.4 Å². The van der Waals surface area contributed by atoms with Crippen LogP contribution in [0.25, 0.3) is 0 Å². The van der Waals surface area contributed by atoms with E-state index in [9.17, 15) is 0 Å². The summed E-state index contributed by atoms with van der Waals surface area (Å²) in [5.41, 5.74) is 5.09. The lowest BCUT2D eigenvalue weighted by Crippen LogP contribution is -2.28. The van der Waals surface area contributed by atoms with Crippen molar-refractivity contribution in [1.29, 1.82) is 0 Å². The van der Waals surface area contributed by atoms with Crippen molar-refractivity contribution in [2.75, 3.05) is 0 Å². The Morgan fingerprint density at radius 3 is 2.67 bits per heavy atom. The van der Waals surface area contributed by atoms with Crippen molar-refractivity contribution >= 4 is 0 Å². The predicted molar refractivity (Wildman–Crippen MR) is 66.7 cm³/mol. The van der Waals surface area contributed by atoms with Crippen LogP contribution in [-0.2, 0) is 0 Å². The molecule has 0 heterocycles. The molecule has 0 amide bonds. The second-order valence-corrected chi connectivity index (χ2v) is 5.82. The fourth-order valence-electron chi connectivity index (χ4n) is 3.43. The van der Waals surface area contributed by atoms with Crippen LogP contribution in [0.15, 0.2) is 22.8 Å². The van der Waals surface area contributed by atoms with Gasteiger partial charge in [0.2, 0.25) is 0 Å². The van der Waals surface area contributed by atoms with Gasteiger partial charge in [-0.3, -0.25) is 0 Å². The van der Waals surface area contributed by atoms with Gasteiger partial charge in [0.1, 0.15) is 0 Å². The van der Waals surface area contributed by atoms with Crippen LogP contribution < -0.4 is 0 Å². The first kappa shape index (κ1) is 11.0. The lowest BCUT2D eigenvalue weighted by Gasteiger charge is -2.39. The highest BCUT2D eigenvalue weighted by atomic mass is 14.4. The topological polar surface area (TPSA) is 0 Å². The van der Waals surface area contributed by atoms with Gasteiger partial charge in [-0.15, -0.1) is 0 Å². The van der Waals surface area contributed by atoms with E-state index in [4.69, 9.17) is 0 Å². The molecular weight excluding hydrogens is 180 g/mol. The number of allylic oxidation sites excluding steroid dienone is 4. The molecule has 0 aromatic carbocycles. The Morgan fingerprint density at radius 1 is 1.27 bits per heavy atom. The van der Waals surface area contributed by atoms with Gasteiger partial charge in [0, 0.05) is 0 Å². The molecule has 0 bridgehead atoms. The van der Waals surface area contributed by atoms with Crippen LogP contribution in [0.2, 0.25) is 0 Å². The van der Waals surface area contributed by atoms with Gasteiger partial charge < -0.3 is 0 Å². The molecule has 2 atom stereocenters. The molecule has 0 nitrogen and oxygen atoms in total. The van der Waals surface area contributed by atoms with E-state index in [0.717, 1.165) is 17.8 Å². The Bertz CT molecular complexity index is 304. The van der Waals surface area contributed by atoms with Crippen molar-refractivity contribution in [3.63, 3.8) is 0 Å². The van der Waals surface area contributed by atoms with E-state index < -0.39 is 0 Å². The minimum atomic E-state index is 0.851. The summed E-state index contributed by atoms with van der Waals surface area (Å²) in [6, 6.07) is 0. The molecule has 0 aromatic heterocycles. The van der Waals surface area contributed by atoms with Crippen LogP contribution in [0.3, 0.4) is 0 Å². The van der Waals surface area contributed by atoms with E-state index in [0.29, 0.717) is 0 Å². The number of hydrogen-bond donors (Lipinski definition) is 0. The van der Waals surface area contributed by atoms with E-state index in [-0.39, 0.29) is 0 Å². The predicted octanol–water partition coefficient (Wildman–Crippen LogP) is 4.73. The third-order valence-electron chi connectivity index (χ3n) is 4.43. The lowest BCUT2D eigenvalue weighted by atomic mass is 9.66. The smallest absolute Gasteiger partial charge is 0.0130 e. The number of fused-ring (bicyclic) bond motifs is 1. The molecule has 2 aliphatic rings. The van der Waals surface area contributed by atoms with Crippen molar-refractivity contribution in [2.24, 2.45) is 17.8 Å². The molecular formula is C15H24. The van der Waals surface area contributed by atoms with Gasteiger partial charge in [0.15, 0.2) is 0 Å². The normalized spacial score (nSPS) is 31.7. The average molecular weight is 204 g/mol. The Morgan fingerprint density at radius 2 is 2.00 bits per heavy atom. The molecule has 2 aliphatic carbocycles. The van der Waals surface area contributed by atoms with Gasteiger partial charge in [-0.2, -0.15) is 0 Å². The molecule has 0 saturated carbocycles. The molecule has 0 aromatic rings. The van der Waals surface area contributed by atoms with Crippen LogP contribution in [0.5, 0.6) is 0 Å². The van der Waals surface area contributed by atoms with Crippen LogP contribution in [0.4, 0.5) is 0 Å². The molecule has 2 rings (SSSR count).